The third-order valence-corrected chi connectivity index (χ3v) is 3.40. The zero-order valence-corrected chi connectivity index (χ0v) is 12.0. The average molecular weight is 273 g/mol. The molecule has 1 heterocycles. The minimum Gasteiger partial charge on any atom is -0.337 e. The first-order valence-electron chi connectivity index (χ1n) is 6.81. The van der Waals surface area contributed by atoms with Gasteiger partial charge in [0.2, 0.25) is 0 Å². The lowest BCUT2D eigenvalue weighted by molar-refractivity contribution is 1.27. The maximum Gasteiger partial charge on any atom is 0.149 e. The normalized spacial score (nSPS) is 11.6. The summed E-state index contributed by atoms with van der Waals surface area (Å²) in [6.45, 7) is 4.08. The number of aromatic nitrogens is 2. The van der Waals surface area contributed by atoms with Gasteiger partial charge in [0.25, 0.3) is 0 Å². The fraction of sp³-hybridized carbons (Fsp3) is 0.111. The minimum absolute atomic E-state index is 0.535. The van der Waals surface area contributed by atoms with Crippen molar-refractivity contribution < 1.29 is 0 Å². The molecule has 102 valence electrons. The Hall–Kier alpha value is -2.86. The van der Waals surface area contributed by atoms with Crippen LogP contribution in [0.2, 0.25) is 0 Å². The van der Waals surface area contributed by atoms with E-state index in [1.807, 2.05) is 62.4 Å². The number of allylic oxidation sites excluding steroid dienone is 1. The molecule has 0 aliphatic heterocycles. The zero-order chi connectivity index (χ0) is 14.8. The number of nitriles is 1. The molecule has 21 heavy (non-hydrogen) atoms. The Balaban J connectivity index is 2.05. The summed E-state index contributed by atoms with van der Waals surface area (Å²) in [5.74, 6) is 0.610. The molecule has 3 nitrogen and oxygen atoms in total. The van der Waals surface area contributed by atoms with Crippen molar-refractivity contribution in [3.05, 3.63) is 65.0 Å². The highest BCUT2D eigenvalue weighted by Crippen LogP contribution is 2.20. The van der Waals surface area contributed by atoms with Crippen LogP contribution in [-0.2, 0) is 0 Å². The largest absolute Gasteiger partial charge is 0.337 e. The third kappa shape index (κ3) is 2.70. The zero-order valence-electron chi connectivity index (χ0n) is 12.0. The van der Waals surface area contributed by atoms with E-state index in [0.29, 0.717) is 11.4 Å². The van der Waals surface area contributed by atoms with E-state index in [1.54, 1.807) is 0 Å². The van der Waals surface area contributed by atoms with Crippen LogP contribution in [0, 0.1) is 25.2 Å². The van der Waals surface area contributed by atoms with Crippen LogP contribution >= 0.6 is 0 Å². The van der Waals surface area contributed by atoms with Crippen molar-refractivity contribution in [3.8, 4) is 6.07 Å². The topological polar surface area (TPSA) is 52.5 Å². The number of H-pyrrole nitrogens is 1. The fourth-order valence-corrected chi connectivity index (χ4v) is 2.23. The van der Waals surface area contributed by atoms with Crippen molar-refractivity contribution in [2.45, 2.75) is 13.8 Å². The lowest BCUT2D eigenvalue weighted by Crippen LogP contribution is -1.85. The highest BCUT2D eigenvalue weighted by atomic mass is 14.9. The van der Waals surface area contributed by atoms with E-state index >= 15 is 0 Å². The first kappa shape index (κ1) is 13.1. The van der Waals surface area contributed by atoms with Gasteiger partial charge < -0.3 is 4.98 Å². The van der Waals surface area contributed by atoms with Crippen LogP contribution in [0.1, 0.15) is 22.5 Å². The van der Waals surface area contributed by atoms with Crippen molar-refractivity contribution >= 4 is 22.7 Å². The molecule has 0 saturated carbocycles. The number of hydrogen-bond acceptors (Lipinski definition) is 2. The number of hydrogen-bond donors (Lipinski definition) is 1. The molecule has 0 amide bonds. The summed E-state index contributed by atoms with van der Waals surface area (Å²) in [7, 11) is 0. The Morgan fingerprint density at radius 3 is 2.52 bits per heavy atom. The van der Waals surface area contributed by atoms with Crippen molar-refractivity contribution in [2.24, 2.45) is 0 Å². The summed E-state index contributed by atoms with van der Waals surface area (Å²) in [5, 5.41) is 9.40. The van der Waals surface area contributed by atoms with E-state index in [-0.39, 0.29) is 0 Å². The third-order valence-electron chi connectivity index (χ3n) is 3.40. The van der Waals surface area contributed by atoms with E-state index in [9.17, 15) is 5.26 Å². The van der Waals surface area contributed by atoms with E-state index in [2.05, 4.69) is 16.0 Å². The Kier molecular flexibility index (Phi) is 3.29. The van der Waals surface area contributed by atoms with Crippen molar-refractivity contribution in [1.82, 2.24) is 9.97 Å². The van der Waals surface area contributed by atoms with Crippen LogP contribution in [0.25, 0.3) is 22.7 Å². The first-order valence-corrected chi connectivity index (χ1v) is 6.81. The highest BCUT2D eigenvalue weighted by Gasteiger charge is 2.08. The van der Waals surface area contributed by atoms with E-state index in [0.717, 1.165) is 16.6 Å². The maximum absolute atomic E-state index is 9.40. The molecule has 0 bridgehead atoms. The summed E-state index contributed by atoms with van der Waals surface area (Å²) in [4.78, 5) is 7.71. The molecular weight excluding hydrogens is 258 g/mol. The van der Waals surface area contributed by atoms with Crippen LogP contribution in [0.15, 0.2) is 42.5 Å². The van der Waals surface area contributed by atoms with E-state index in [4.69, 9.17) is 0 Å². The van der Waals surface area contributed by atoms with E-state index in [1.165, 1.54) is 11.1 Å². The number of benzene rings is 2. The van der Waals surface area contributed by atoms with Crippen LogP contribution < -0.4 is 0 Å². The lowest BCUT2D eigenvalue weighted by Gasteiger charge is -1.96. The molecule has 0 atom stereocenters. The van der Waals surface area contributed by atoms with Crippen molar-refractivity contribution in [1.29, 1.82) is 5.26 Å². The van der Waals surface area contributed by atoms with Crippen LogP contribution in [0.3, 0.4) is 0 Å². The molecule has 1 aromatic heterocycles. The average Bonchev–Trinajstić information content (AvgIpc) is 2.89. The highest BCUT2D eigenvalue weighted by molar-refractivity contribution is 5.90. The second-order valence-corrected chi connectivity index (χ2v) is 5.19. The molecule has 2 aromatic carbocycles. The van der Waals surface area contributed by atoms with Gasteiger partial charge in [-0.05, 0) is 43.2 Å². The summed E-state index contributed by atoms with van der Waals surface area (Å²) in [6.07, 6.45) is 1.85. The van der Waals surface area contributed by atoms with Gasteiger partial charge in [-0.3, -0.25) is 0 Å². The van der Waals surface area contributed by atoms with Gasteiger partial charge in [0.1, 0.15) is 11.9 Å². The Labute approximate surface area is 123 Å². The van der Waals surface area contributed by atoms with Crippen LogP contribution in [0.5, 0.6) is 0 Å². The smallest absolute Gasteiger partial charge is 0.149 e. The molecule has 0 spiro atoms. The van der Waals surface area contributed by atoms with Crippen LogP contribution in [0.4, 0.5) is 0 Å². The van der Waals surface area contributed by atoms with Gasteiger partial charge >= 0.3 is 0 Å². The fourth-order valence-electron chi connectivity index (χ4n) is 2.23. The minimum atomic E-state index is 0.535. The van der Waals surface area contributed by atoms with Gasteiger partial charge in [0.15, 0.2) is 0 Å². The van der Waals surface area contributed by atoms with Gasteiger partial charge in [0, 0.05) is 0 Å². The molecular formula is C18H15N3. The predicted octanol–water partition coefficient (Wildman–Crippen LogP) is 4.24. The Morgan fingerprint density at radius 1 is 1.10 bits per heavy atom. The van der Waals surface area contributed by atoms with Crippen molar-refractivity contribution in [2.75, 3.05) is 0 Å². The van der Waals surface area contributed by atoms with Crippen LogP contribution in [-0.4, -0.2) is 9.97 Å². The molecule has 3 rings (SSSR count). The van der Waals surface area contributed by atoms with E-state index < -0.39 is 0 Å². The molecule has 0 saturated heterocycles. The Morgan fingerprint density at radius 2 is 1.81 bits per heavy atom. The van der Waals surface area contributed by atoms with Crippen molar-refractivity contribution in [3.63, 3.8) is 0 Å². The monoisotopic (exact) mass is 273 g/mol. The standard InChI is InChI=1S/C18H15N3/c1-12-3-6-14(7-4-12)10-15(11-19)18-20-16-8-5-13(2)9-17(16)21-18/h3-10H,1-2H3,(H,20,21)/b15-10-. The molecule has 3 aromatic rings. The van der Waals surface area contributed by atoms with Gasteiger partial charge in [-0.2, -0.15) is 5.26 Å². The van der Waals surface area contributed by atoms with Gasteiger partial charge in [-0.15, -0.1) is 0 Å². The predicted molar refractivity (Wildman–Crippen MR) is 85.5 cm³/mol. The molecule has 1 N–H and O–H groups in total. The summed E-state index contributed by atoms with van der Waals surface area (Å²) < 4.78 is 0. The Bertz CT molecular complexity index is 862. The number of fused-ring (bicyclic) bond motifs is 1. The number of aromatic amines is 1. The molecule has 0 unspecified atom stereocenters. The molecule has 0 fully saturated rings. The SMILES string of the molecule is Cc1ccc(/C=C(/C#N)c2nc3ccc(C)cc3[nH]2)cc1. The number of imidazole rings is 1. The lowest BCUT2D eigenvalue weighted by atomic mass is 10.1. The summed E-state index contributed by atoms with van der Waals surface area (Å²) in [6, 6.07) is 16.3. The van der Waals surface area contributed by atoms with Gasteiger partial charge in [-0.25, -0.2) is 4.98 Å². The first-order chi connectivity index (χ1) is 10.2. The number of rotatable bonds is 2. The van der Waals surface area contributed by atoms with Gasteiger partial charge in [0.05, 0.1) is 16.6 Å². The number of aryl methyl sites for hydroxylation is 2. The summed E-state index contributed by atoms with van der Waals surface area (Å²) in [5.41, 5.74) is 5.72. The van der Waals surface area contributed by atoms with Gasteiger partial charge in [-0.1, -0.05) is 35.9 Å². The quantitative estimate of drug-likeness (QED) is 0.710. The molecule has 0 radical (unpaired) electrons. The molecule has 3 heteroatoms. The molecule has 0 aliphatic carbocycles. The second-order valence-electron chi connectivity index (χ2n) is 5.19. The number of nitrogens with zero attached hydrogens (tertiary/aromatic N) is 2. The molecule has 0 aliphatic rings. The number of nitrogens with one attached hydrogen (secondary N) is 1. The summed E-state index contributed by atoms with van der Waals surface area (Å²) >= 11 is 0. The maximum atomic E-state index is 9.40. The second kappa shape index (κ2) is 5.26.